The Labute approximate surface area is 178 Å². The largest absolute Gasteiger partial charge is 0.339 e. The Hall–Kier alpha value is -2.67. The molecule has 1 aliphatic rings. The zero-order chi connectivity index (χ0) is 20.2. The molecule has 150 valence electrons. The van der Waals surface area contributed by atoms with Crippen LogP contribution in [0.3, 0.4) is 0 Å². The van der Waals surface area contributed by atoms with E-state index in [1.165, 1.54) is 5.56 Å². The smallest absolute Gasteiger partial charge is 0.321 e. The average molecular weight is 455 g/mol. The van der Waals surface area contributed by atoms with Gasteiger partial charge in [0.05, 0.1) is 0 Å². The first-order valence-corrected chi connectivity index (χ1v) is 10.7. The predicted molar refractivity (Wildman–Crippen MR) is 116 cm³/mol. The van der Waals surface area contributed by atoms with E-state index in [0.29, 0.717) is 24.8 Å². The van der Waals surface area contributed by atoms with Crippen LogP contribution in [0.2, 0.25) is 0 Å². The minimum absolute atomic E-state index is 0.0613. The van der Waals surface area contributed by atoms with E-state index in [4.69, 9.17) is 4.52 Å². The second kappa shape index (κ2) is 8.78. The van der Waals surface area contributed by atoms with Gasteiger partial charge in [-0.15, -0.1) is 0 Å². The summed E-state index contributed by atoms with van der Waals surface area (Å²) < 4.78 is 6.52. The van der Waals surface area contributed by atoms with Gasteiger partial charge in [-0.2, -0.15) is 4.98 Å². The van der Waals surface area contributed by atoms with Gasteiger partial charge in [0.15, 0.2) is 0 Å². The maximum Gasteiger partial charge on any atom is 0.321 e. The van der Waals surface area contributed by atoms with E-state index < -0.39 is 0 Å². The SMILES string of the molecule is CCc1ccc(NC(=O)N2CCC(c3nc(-c4ccc(Br)cc4)no3)CC2)cc1. The highest BCUT2D eigenvalue weighted by Crippen LogP contribution is 2.29. The molecule has 2 heterocycles. The quantitative estimate of drug-likeness (QED) is 0.566. The van der Waals surface area contributed by atoms with E-state index in [1.807, 2.05) is 53.4 Å². The summed E-state index contributed by atoms with van der Waals surface area (Å²) in [5.74, 6) is 1.43. The van der Waals surface area contributed by atoms with Gasteiger partial charge in [0.1, 0.15) is 0 Å². The molecule has 2 aromatic carbocycles. The molecule has 7 heteroatoms. The molecular formula is C22H23BrN4O2. The van der Waals surface area contributed by atoms with Gasteiger partial charge in [0.25, 0.3) is 0 Å². The fourth-order valence-corrected chi connectivity index (χ4v) is 3.74. The normalized spacial score (nSPS) is 14.8. The molecule has 1 saturated heterocycles. The Morgan fingerprint density at radius 3 is 2.48 bits per heavy atom. The van der Waals surface area contributed by atoms with Crippen LogP contribution in [0.25, 0.3) is 11.4 Å². The number of benzene rings is 2. The molecule has 29 heavy (non-hydrogen) atoms. The van der Waals surface area contributed by atoms with Crippen LogP contribution in [0.1, 0.15) is 37.1 Å². The summed E-state index contributed by atoms with van der Waals surface area (Å²) >= 11 is 3.43. The van der Waals surface area contributed by atoms with Gasteiger partial charge < -0.3 is 14.7 Å². The number of carbonyl (C=O) groups excluding carboxylic acids is 1. The maximum absolute atomic E-state index is 12.5. The highest BCUT2D eigenvalue weighted by molar-refractivity contribution is 9.10. The Bertz CT molecular complexity index is 961. The van der Waals surface area contributed by atoms with E-state index >= 15 is 0 Å². The number of anilines is 1. The third kappa shape index (κ3) is 4.67. The summed E-state index contributed by atoms with van der Waals surface area (Å²) in [5.41, 5.74) is 3.00. The number of amides is 2. The first-order chi connectivity index (χ1) is 14.1. The van der Waals surface area contributed by atoms with Crippen LogP contribution in [-0.2, 0) is 6.42 Å². The van der Waals surface area contributed by atoms with Crippen molar-refractivity contribution in [3.05, 3.63) is 64.5 Å². The summed E-state index contributed by atoms with van der Waals surface area (Å²) in [4.78, 5) is 19.0. The standard InChI is InChI=1S/C22H23BrN4O2/c1-2-15-3-9-19(10-4-15)24-22(28)27-13-11-17(12-14-27)21-25-20(26-29-21)16-5-7-18(23)8-6-16/h3-10,17H,2,11-14H2,1H3,(H,24,28). The Kier molecular flexibility index (Phi) is 5.94. The summed E-state index contributed by atoms with van der Waals surface area (Å²) in [7, 11) is 0. The molecule has 0 radical (unpaired) electrons. The van der Waals surface area contributed by atoms with E-state index in [-0.39, 0.29) is 11.9 Å². The molecule has 1 fully saturated rings. The lowest BCUT2D eigenvalue weighted by Crippen LogP contribution is -2.40. The Morgan fingerprint density at radius 2 is 1.83 bits per heavy atom. The number of likely N-dealkylation sites (tertiary alicyclic amines) is 1. The van der Waals surface area contributed by atoms with Gasteiger partial charge >= 0.3 is 6.03 Å². The van der Waals surface area contributed by atoms with Crippen molar-refractivity contribution in [2.75, 3.05) is 18.4 Å². The monoisotopic (exact) mass is 454 g/mol. The molecule has 1 aromatic heterocycles. The van der Waals surface area contributed by atoms with Gasteiger partial charge in [0, 0.05) is 34.7 Å². The van der Waals surface area contributed by atoms with Gasteiger partial charge in [0.2, 0.25) is 11.7 Å². The Morgan fingerprint density at radius 1 is 1.14 bits per heavy atom. The van der Waals surface area contributed by atoms with Gasteiger partial charge in [-0.05, 0) is 61.2 Å². The minimum atomic E-state index is -0.0613. The zero-order valence-electron chi connectivity index (χ0n) is 16.3. The molecule has 0 spiro atoms. The van der Waals surface area contributed by atoms with Crippen LogP contribution in [0.4, 0.5) is 10.5 Å². The van der Waals surface area contributed by atoms with Gasteiger partial charge in [-0.3, -0.25) is 0 Å². The lowest BCUT2D eigenvalue weighted by molar-refractivity contribution is 0.187. The van der Waals surface area contributed by atoms with Gasteiger partial charge in [-0.25, -0.2) is 4.79 Å². The number of aromatic nitrogens is 2. The molecule has 6 nitrogen and oxygen atoms in total. The average Bonchev–Trinajstić information content (AvgIpc) is 3.25. The molecule has 0 saturated carbocycles. The highest BCUT2D eigenvalue weighted by Gasteiger charge is 2.27. The zero-order valence-corrected chi connectivity index (χ0v) is 17.9. The van der Waals surface area contributed by atoms with Crippen molar-refractivity contribution in [2.45, 2.75) is 32.1 Å². The van der Waals surface area contributed by atoms with E-state index in [2.05, 4.69) is 38.3 Å². The summed E-state index contributed by atoms with van der Waals surface area (Å²) in [6.07, 6.45) is 2.61. The van der Waals surface area contributed by atoms with Crippen molar-refractivity contribution < 1.29 is 9.32 Å². The van der Waals surface area contributed by atoms with Crippen LogP contribution in [0, 0.1) is 0 Å². The fraction of sp³-hybridized carbons (Fsp3) is 0.318. The number of hydrogen-bond acceptors (Lipinski definition) is 4. The molecule has 1 aliphatic heterocycles. The number of nitrogens with zero attached hydrogens (tertiary/aromatic N) is 3. The second-order valence-electron chi connectivity index (χ2n) is 7.21. The number of halogens is 1. The molecule has 1 N–H and O–H groups in total. The highest BCUT2D eigenvalue weighted by atomic mass is 79.9. The van der Waals surface area contributed by atoms with E-state index in [0.717, 1.165) is 35.0 Å². The number of piperidine rings is 1. The molecule has 2 amide bonds. The second-order valence-corrected chi connectivity index (χ2v) is 8.12. The maximum atomic E-state index is 12.5. The third-order valence-corrected chi connectivity index (χ3v) is 5.82. The van der Waals surface area contributed by atoms with Crippen molar-refractivity contribution >= 4 is 27.6 Å². The lowest BCUT2D eigenvalue weighted by atomic mass is 9.97. The van der Waals surface area contributed by atoms with Crippen molar-refractivity contribution in [2.24, 2.45) is 0 Å². The van der Waals surface area contributed by atoms with Crippen molar-refractivity contribution in [3.8, 4) is 11.4 Å². The lowest BCUT2D eigenvalue weighted by Gasteiger charge is -2.30. The summed E-state index contributed by atoms with van der Waals surface area (Å²) in [6, 6.07) is 15.8. The Balaban J connectivity index is 1.33. The van der Waals surface area contributed by atoms with Crippen LogP contribution >= 0.6 is 15.9 Å². The van der Waals surface area contributed by atoms with Crippen LogP contribution in [0.15, 0.2) is 57.5 Å². The van der Waals surface area contributed by atoms with Crippen molar-refractivity contribution in [1.29, 1.82) is 0 Å². The third-order valence-electron chi connectivity index (χ3n) is 5.29. The minimum Gasteiger partial charge on any atom is -0.339 e. The number of rotatable bonds is 4. The number of carbonyl (C=O) groups is 1. The predicted octanol–water partition coefficient (Wildman–Crippen LogP) is 5.47. The van der Waals surface area contributed by atoms with Gasteiger partial charge in [-0.1, -0.05) is 40.1 Å². The van der Waals surface area contributed by atoms with Crippen molar-refractivity contribution in [1.82, 2.24) is 15.0 Å². The van der Waals surface area contributed by atoms with Crippen molar-refractivity contribution in [3.63, 3.8) is 0 Å². The molecule has 0 bridgehead atoms. The molecule has 0 unspecified atom stereocenters. The molecule has 0 atom stereocenters. The number of hydrogen-bond donors (Lipinski definition) is 1. The summed E-state index contributed by atoms with van der Waals surface area (Å²) in [5, 5.41) is 7.10. The molecule has 4 rings (SSSR count). The molecule has 0 aliphatic carbocycles. The summed E-state index contributed by atoms with van der Waals surface area (Å²) in [6.45, 7) is 3.45. The fourth-order valence-electron chi connectivity index (χ4n) is 3.47. The number of aryl methyl sites for hydroxylation is 1. The van der Waals surface area contributed by atoms with Crippen LogP contribution in [0.5, 0.6) is 0 Å². The van der Waals surface area contributed by atoms with E-state index in [9.17, 15) is 4.79 Å². The van der Waals surface area contributed by atoms with Crippen LogP contribution in [-0.4, -0.2) is 34.2 Å². The number of urea groups is 1. The number of nitrogens with one attached hydrogen (secondary N) is 1. The molecular weight excluding hydrogens is 432 g/mol. The van der Waals surface area contributed by atoms with E-state index in [1.54, 1.807) is 0 Å². The molecule has 3 aromatic rings. The first kappa shape index (κ1) is 19.6. The van der Waals surface area contributed by atoms with Crippen LogP contribution < -0.4 is 5.32 Å². The topological polar surface area (TPSA) is 71.3 Å². The first-order valence-electron chi connectivity index (χ1n) is 9.87.